The molecule has 0 saturated heterocycles. The highest BCUT2D eigenvalue weighted by Gasteiger charge is 2.21. The van der Waals surface area contributed by atoms with E-state index in [2.05, 4.69) is 10.3 Å². The Morgan fingerprint density at radius 1 is 1.06 bits per heavy atom. The second kappa shape index (κ2) is 5.78. The van der Waals surface area contributed by atoms with Gasteiger partial charge in [0.15, 0.2) is 6.29 Å². The number of halogens is 4. The lowest BCUT2D eigenvalue weighted by Crippen LogP contribution is -2.25. The molecule has 0 saturated carbocycles. The third kappa shape index (κ3) is 3.04. The SMILES string of the molecule is COC(CNc1c(F)c(F)nc(F)c1F)OC. The molecule has 4 nitrogen and oxygen atoms in total. The summed E-state index contributed by atoms with van der Waals surface area (Å²) in [5.41, 5.74) is -0.950. The monoisotopic (exact) mass is 254 g/mol. The molecule has 1 aromatic heterocycles. The maximum absolute atomic E-state index is 13.1. The van der Waals surface area contributed by atoms with E-state index in [0.717, 1.165) is 0 Å². The Morgan fingerprint density at radius 3 is 1.94 bits per heavy atom. The number of aromatic nitrogens is 1. The van der Waals surface area contributed by atoms with Gasteiger partial charge in [-0.25, -0.2) is 0 Å². The number of nitrogens with zero attached hydrogens (tertiary/aromatic N) is 1. The van der Waals surface area contributed by atoms with E-state index in [1.807, 2.05) is 0 Å². The first-order valence-corrected chi connectivity index (χ1v) is 4.50. The van der Waals surface area contributed by atoms with Crippen molar-refractivity contribution in [3.63, 3.8) is 0 Å². The third-order valence-corrected chi connectivity index (χ3v) is 1.97. The number of ether oxygens (including phenoxy) is 2. The van der Waals surface area contributed by atoms with Crippen LogP contribution in [0.4, 0.5) is 23.2 Å². The zero-order valence-electron chi connectivity index (χ0n) is 9.06. The van der Waals surface area contributed by atoms with Gasteiger partial charge in [-0.15, -0.1) is 0 Å². The molecule has 0 radical (unpaired) electrons. The standard InChI is InChI=1S/C9H10F4N2O2/c1-16-4(17-2)3-14-7-5(10)8(12)15-9(13)6(7)11/h4H,3H2,1-2H3,(H,14,15). The number of pyridine rings is 1. The molecule has 0 atom stereocenters. The van der Waals surface area contributed by atoms with Crippen LogP contribution in [0.3, 0.4) is 0 Å². The minimum atomic E-state index is -1.72. The van der Waals surface area contributed by atoms with Crippen LogP contribution < -0.4 is 5.32 Å². The predicted octanol–water partition coefficient (Wildman–Crippen LogP) is 1.67. The lowest BCUT2D eigenvalue weighted by molar-refractivity contribution is -0.0914. The fraction of sp³-hybridized carbons (Fsp3) is 0.444. The Morgan fingerprint density at radius 2 is 1.53 bits per heavy atom. The first-order valence-electron chi connectivity index (χ1n) is 4.50. The number of anilines is 1. The van der Waals surface area contributed by atoms with Crippen molar-refractivity contribution >= 4 is 5.69 Å². The molecule has 0 unspecified atom stereocenters. The molecule has 96 valence electrons. The Bertz CT molecular complexity index is 373. The van der Waals surface area contributed by atoms with Gasteiger partial charge in [-0.2, -0.15) is 22.5 Å². The van der Waals surface area contributed by atoms with Crippen molar-refractivity contribution in [1.82, 2.24) is 4.98 Å². The van der Waals surface area contributed by atoms with Crippen molar-refractivity contribution in [1.29, 1.82) is 0 Å². The molecule has 0 amide bonds. The van der Waals surface area contributed by atoms with E-state index in [1.165, 1.54) is 14.2 Å². The van der Waals surface area contributed by atoms with Crippen LogP contribution in [0.1, 0.15) is 0 Å². The summed E-state index contributed by atoms with van der Waals surface area (Å²) in [7, 11) is 2.60. The summed E-state index contributed by atoms with van der Waals surface area (Å²) in [5.74, 6) is -6.65. The average Bonchev–Trinajstić information content (AvgIpc) is 2.31. The number of hydrogen-bond acceptors (Lipinski definition) is 4. The van der Waals surface area contributed by atoms with Gasteiger partial charge in [-0.1, -0.05) is 0 Å². The lowest BCUT2D eigenvalue weighted by atomic mass is 10.3. The summed E-state index contributed by atoms with van der Waals surface area (Å²) in [4.78, 5) is 2.41. The fourth-order valence-corrected chi connectivity index (χ4v) is 1.09. The predicted molar refractivity (Wildman–Crippen MR) is 50.4 cm³/mol. The van der Waals surface area contributed by atoms with Gasteiger partial charge in [0.05, 0.1) is 6.54 Å². The Kier molecular flexibility index (Phi) is 4.64. The van der Waals surface area contributed by atoms with E-state index >= 15 is 0 Å². The van der Waals surface area contributed by atoms with Gasteiger partial charge in [-0.3, -0.25) is 0 Å². The maximum Gasteiger partial charge on any atom is 0.253 e. The van der Waals surface area contributed by atoms with Crippen molar-refractivity contribution in [2.75, 3.05) is 26.1 Å². The Balaban J connectivity index is 2.90. The van der Waals surface area contributed by atoms with Crippen LogP contribution in [0.5, 0.6) is 0 Å². The van der Waals surface area contributed by atoms with Crippen LogP contribution in [0, 0.1) is 23.5 Å². The second-order valence-electron chi connectivity index (χ2n) is 2.98. The van der Waals surface area contributed by atoms with Gasteiger partial charge in [0, 0.05) is 14.2 Å². The van der Waals surface area contributed by atoms with Gasteiger partial charge in [0.1, 0.15) is 5.69 Å². The van der Waals surface area contributed by atoms with E-state index in [9.17, 15) is 17.6 Å². The molecule has 0 aromatic carbocycles. The maximum atomic E-state index is 13.1. The second-order valence-corrected chi connectivity index (χ2v) is 2.98. The van der Waals surface area contributed by atoms with Crippen molar-refractivity contribution in [3.8, 4) is 0 Å². The minimum absolute atomic E-state index is 0.191. The zero-order chi connectivity index (χ0) is 13.0. The molecule has 0 fully saturated rings. The van der Waals surface area contributed by atoms with E-state index in [0.29, 0.717) is 0 Å². The van der Waals surface area contributed by atoms with E-state index in [4.69, 9.17) is 9.47 Å². The normalized spacial score (nSPS) is 11.0. The van der Waals surface area contributed by atoms with Crippen molar-refractivity contribution in [3.05, 3.63) is 23.5 Å². The highest BCUT2D eigenvalue weighted by molar-refractivity contribution is 5.45. The summed E-state index contributed by atoms with van der Waals surface area (Å²) in [6.45, 7) is -0.191. The molecule has 0 aliphatic heterocycles. The summed E-state index contributed by atoms with van der Waals surface area (Å²) in [6.07, 6.45) is -0.812. The molecule has 1 rings (SSSR count). The quantitative estimate of drug-likeness (QED) is 0.493. The van der Waals surface area contributed by atoms with Crippen LogP contribution in [0.25, 0.3) is 0 Å². The third-order valence-electron chi connectivity index (χ3n) is 1.97. The molecule has 8 heteroatoms. The first kappa shape index (κ1) is 13.7. The molecule has 0 bridgehead atoms. The summed E-state index contributed by atoms with van der Waals surface area (Å²) in [6, 6.07) is 0. The van der Waals surface area contributed by atoms with Gasteiger partial charge in [0.2, 0.25) is 11.6 Å². The molecule has 1 N–H and O–H groups in total. The number of nitrogens with one attached hydrogen (secondary N) is 1. The van der Waals surface area contributed by atoms with Crippen LogP contribution in [-0.4, -0.2) is 32.0 Å². The molecule has 0 spiro atoms. The molecular formula is C9H10F4N2O2. The van der Waals surface area contributed by atoms with Crippen LogP contribution in [0.2, 0.25) is 0 Å². The average molecular weight is 254 g/mol. The smallest absolute Gasteiger partial charge is 0.253 e. The van der Waals surface area contributed by atoms with Gasteiger partial charge in [-0.05, 0) is 0 Å². The molecule has 1 aromatic rings. The van der Waals surface area contributed by atoms with Crippen LogP contribution in [-0.2, 0) is 9.47 Å². The molecule has 17 heavy (non-hydrogen) atoms. The van der Waals surface area contributed by atoms with Gasteiger partial charge in [0.25, 0.3) is 11.9 Å². The van der Waals surface area contributed by atoms with E-state index in [1.54, 1.807) is 0 Å². The van der Waals surface area contributed by atoms with Gasteiger partial charge < -0.3 is 14.8 Å². The molecular weight excluding hydrogens is 244 g/mol. The zero-order valence-corrected chi connectivity index (χ0v) is 9.06. The van der Waals surface area contributed by atoms with Crippen LogP contribution in [0.15, 0.2) is 0 Å². The van der Waals surface area contributed by atoms with Gasteiger partial charge >= 0.3 is 0 Å². The fourth-order valence-electron chi connectivity index (χ4n) is 1.09. The number of rotatable bonds is 5. The van der Waals surface area contributed by atoms with Crippen molar-refractivity contribution in [2.45, 2.75) is 6.29 Å². The Hall–Kier alpha value is -1.41. The number of methoxy groups -OCH3 is 2. The highest BCUT2D eigenvalue weighted by Crippen LogP contribution is 2.21. The Labute approximate surface area is 94.5 Å². The first-order chi connectivity index (χ1) is 8.01. The van der Waals surface area contributed by atoms with Crippen molar-refractivity contribution < 1.29 is 27.0 Å². The summed E-state index contributed by atoms with van der Waals surface area (Å²) < 4.78 is 61.1. The minimum Gasteiger partial charge on any atom is -0.375 e. The topological polar surface area (TPSA) is 43.4 Å². The number of hydrogen-bond donors (Lipinski definition) is 1. The highest BCUT2D eigenvalue weighted by atomic mass is 19.2. The van der Waals surface area contributed by atoms with Crippen molar-refractivity contribution in [2.24, 2.45) is 0 Å². The largest absolute Gasteiger partial charge is 0.375 e. The summed E-state index contributed by atoms with van der Waals surface area (Å²) in [5, 5.41) is 2.14. The molecule has 1 heterocycles. The molecule has 0 aliphatic carbocycles. The molecule has 0 aliphatic rings. The van der Waals surface area contributed by atoms with E-state index < -0.39 is 35.5 Å². The summed E-state index contributed by atoms with van der Waals surface area (Å²) >= 11 is 0. The lowest BCUT2D eigenvalue weighted by Gasteiger charge is -2.15. The van der Waals surface area contributed by atoms with Crippen LogP contribution >= 0.6 is 0 Å². The van der Waals surface area contributed by atoms with E-state index in [-0.39, 0.29) is 6.54 Å².